The maximum absolute atomic E-state index is 4.72. The minimum absolute atomic E-state index is 0.0828. The van der Waals surface area contributed by atoms with Crippen molar-refractivity contribution in [3.05, 3.63) is 40.3 Å². The third-order valence-electron chi connectivity index (χ3n) is 3.58. The van der Waals surface area contributed by atoms with Gasteiger partial charge in [-0.1, -0.05) is 26.8 Å². The molecule has 3 rings (SSSR count). The van der Waals surface area contributed by atoms with Crippen molar-refractivity contribution in [2.24, 2.45) is 0 Å². The van der Waals surface area contributed by atoms with Crippen LogP contribution in [0.5, 0.6) is 0 Å². The number of anilines is 1. The van der Waals surface area contributed by atoms with Crippen molar-refractivity contribution < 1.29 is 0 Å². The van der Waals surface area contributed by atoms with E-state index < -0.39 is 0 Å². The lowest BCUT2D eigenvalue weighted by Gasteiger charge is -2.19. The van der Waals surface area contributed by atoms with Crippen LogP contribution in [0.15, 0.2) is 29.6 Å². The number of aromatic nitrogens is 4. The average molecular weight is 315 g/mol. The van der Waals surface area contributed by atoms with Gasteiger partial charge in [0.25, 0.3) is 0 Å². The molecule has 6 heteroatoms. The first-order valence-electron chi connectivity index (χ1n) is 7.41. The second kappa shape index (κ2) is 5.68. The zero-order valence-corrected chi connectivity index (χ0v) is 14.3. The fraction of sp³-hybridized carbons (Fsp3) is 0.438. The van der Waals surface area contributed by atoms with E-state index in [1.54, 1.807) is 11.3 Å². The van der Waals surface area contributed by atoms with Gasteiger partial charge < -0.3 is 4.90 Å². The largest absolute Gasteiger partial charge is 0.358 e. The zero-order chi connectivity index (χ0) is 15.7. The van der Waals surface area contributed by atoms with Crippen LogP contribution in [0.4, 0.5) is 5.82 Å². The average Bonchev–Trinajstić information content (AvgIpc) is 3.12. The van der Waals surface area contributed by atoms with Gasteiger partial charge >= 0.3 is 0 Å². The first-order valence-corrected chi connectivity index (χ1v) is 8.29. The molecule has 116 valence electrons. The molecule has 3 aromatic heterocycles. The summed E-state index contributed by atoms with van der Waals surface area (Å²) in [5.74, 6) is 1.82. The van der Waals surface area contributed by atoms with E-state index in [2.05, 4.69) is 60.4 Å². The van der Waals surface area contributed by atoms with E-state index in [4.69, 9.17) is 5.10 Å². The molecule has 5 nitrogen and oxygen atoms in total. The number of rotatable bonds is 4. The van der Waals surface area contributed by atoms with Gasteiger partial charge in [0, 0.05) is 23.9 Å². The first kappa shape index (κ1) is 15.0. The molecule has 0 radical (unpaired) electrons. The predicted molar refractivity (Wildman–Crippen MR) is 90.8 cm³/mol. The van der Waals surface area contributed by atoms with Crippen molar-refractivity contribution in [3.8, 4) is 0 Å². The van der Waals surface area contributed by atoms with Crippen molar-refractivity contribution in [3.63, 3.8) is 0 Å². The number of nitrogens with zero attached hydrogens (tertiary/aromatic N) is 5. The Morgan fingerprint density at radius 3 is 2.68 bits per heavy atom. The molecule has 0 amide bonds. The zero-order valence-electron chi connectivity index (χ0n) is 13.4. The Labute approximate surface area is 134 Å². The minimum atomic E-state index is -0.0828. The summed E-state index contributed by atoms with van der Waals surface area (Å²) in [6.07, 6.45) is 1.03. The maximum atomic E-state index is 4.72. The van der Waals surface area contributed by atoms with Crippen molar-refractivity contribution >= 4 is 22.8 Å². The van der Waals surface area contributed by atoms with Gasteiger partial charge in [-0.15, -0.1) is 26.6 Å². The van der Waals surface area contributed by atoms with E-state index in [-0.39, 0.29) is 5.41 Å². The normalized spacial score (nSPS) is 12.0. The highest BCUT2D eigenvalue weighted by Crippen LogP contribution is 2.21. The van der Waals surface area contributed by atoms with E-state index >= 15 is 0 Å². The third-order valence-corrected chi connectivity index (χ3v) is 4.52. The number of likely N-dealkylation sites (N-methyl/N-ethyl adjacent to an activating group) is 1. The molecule has 3 heterocycles. The van der Waals surface area contributed by atoms with Crippen LogP contribution in [0.1, 0.15) is 31.5 Å². The molecule has 0 saturated carbocycles. The molecular formula is C16H21N5S. The highest BCUT2D eigenvalue weighted by atomic mass is 32.1. The molecule has 0 aliphatic carbocycles. The van der Waals surface area contributed by atoms with Crippen molar-refractivity contribution in [2.75, 3.05) is 18.5 Å². The number of thiophene rings is 1. The fourth-order valence-electron chi connectivity index (χ4n) is 2.30. The molecule has 0 aromatic carbocycles. The molecule has 0 spiro atoms. The summed E-state index contributed by atoms with van der Waals surface area (Å²) in [6, 6.07) is 8.25. The van der Waals surface area contributed by atoms with Crippen LogP contribution in [0, 0.1) is 0 Å². The summed E-state index contributed by atoms with van der Waals surface area (Å²) in [6.45, 7) is 7.31. The minimum Gasteiger partial charge on any atom is -0.358 e. The standard InChI is InChI=1S/C16H21N5S/c1-16(2,3)15-18-17-13-7-8-14(19-21(13)15)20(4)10-9-12-6-5-11-22-12/h5-8,11H,9-10H2,1-4H3. The van der Waals surface area contributed by atoms with Gasteiger partial charge in [0.1, 0.15) is 5.82 Å². The molecule has 0 unspecified atom stereocenters. The molecule has 0 fully saturated rings. The smallest absolute Gasteiger partial charge is 0.178 e. The Hall–Kier alpha value is -1.95. The van der Waals surface area contributed by atoms with Gasteiger partial charge in [0.05, 0.1) is 0 Å². The van der Waals surface area contributed by atoms with E-state index in [0.29, 0.717) is 0 Å². The molecule has 0 atom stereocenters. The Morgan fingerprint density at radius 1 is 1.18 bits per heavy atom. The molecular weight excluding hydrogens is 294 g/mol. The van der Waals surface area contributed by atoms with Crippen LogP contribution >= 0.6 is 11.3 Å². The second-order valence-electron chi connectivity index (χ2n) is 6.49. The van der Waals surface area contributed by atoms with E-state index in [1.807, 2.05) is 16.6 Å². The highest BCUT2D eigenvalue weighted by Gasteiger charge is 2.22. The summed E-state index contributed by atoms with van der Waals surface area (Å²) in [5, 5.41) is 15.3. The Balaban J connectivity index is 1.84. The van der Waals surface area contributed by atoms with Crippen LogP contribution < -0.4 is 4.90 Å². The van der Waals surface area contributed by atoms with Crippen LogP contribution in [-0.2, 0) is 11.8 Å². The van der Waals surface area contributed by atoms with E-state index in [0.717, 1.165) is 30.3 Å². The lowest BCUT2D eigenvalue weighted by molar-refractivity contribution is 0.526. The Bertz CT molecular complexity index is 755. The van der Waals surface area contributed by atoms with Crippen LogP contribution in [0.2, 0.25) is 0 Å². The van der Waals surface area contributed by atoms with E-state index in [1.165, 1.54) is 4.88 Å². The summed E-state index contributed by atoms with van der Waals surface area (Å²) in [4.78, 5) is 3.57. The summed E-state index contributed by atoms with van der Waals surface area (Å²) in [5.41, 5.74) is 0.709. The van der Waals surface area contributed by atoms with Crippen LogP contribution in [-0.4, -0.2) is 33.4 Å². The number of fused-ring (bicyclic) bond motifs is 1. The van der Waals surface area contributed by atoms with Gasteiger partial charge in [-0.05, 0) is 30.0 Å². The molecule has 0 aliphatic heterocycles. The maximum Gasteiger partial charge on any atom is 0.178 e. The summed E-state index contributed by atoms with van der Waals surface area (Å²) in [7, 11) is 2.07. The Morgan fingerprint density at radius 2 is 2.00 bits per heavy atom. The van der Waals surface area contributed by atoms with E-state index in [9.17, 15) is 0 Å². The highest BCUT2D eigenvalue weighted by molar-refractivity contribution is 7.09. The van der Waals surface area contributed by atoms with Crippen LogP contribution in [0.3, 0.4) is 0 Å². The first-order chi connectivity index (χ1) is 10.4. The molecule has 0 bridgehead atoms. The van der Waals surface area contributed by atoms with Gasteiger partial charge in [0.15, 0.2) is 11.5 Å². The van der Waals surface area contributed by atoms with Crippen LogP contribution in [0.25, 0.3) is 5.65 Å². The summed E-state index contributed by atoms with van der Waals surface area (Å²) >= 11 is 1.80. The number of hydrogen-bond acceptors (Lipinski definition) is 5. The third kappa shape index (κ3) is 2.97. The number of hydrogen-bond donors (Lipinski definition) is 0. The predicted octanol–water partition coefficient (Wildman–Crippen LogP) is 3.16. The van der Waals surface area contributed by atoms with Crippen molar-refractivity contribution in [1.29, 1.82) is 0 Å². The molecule has 22 heavy (non-hydrogen) atoms. The quantitative estimate of drug-likeness (QED) is 0.742. The van der Waals surface area contributed by atoms with Crippen molar-refractivity contribution in [2.45, 2.75) is 32.6 Å². The van der Waals surface area contributed by atoms with Gasteiger partial charge in [-0.3, -0.25) is 0 Å². The molecule has 3 aromatic rings. The molecule has 0 aliphatic rings. The Kier molecular flexibility index (Phi) is 3.87. The lowest BCUT2D eigenvalue weighted by Crippen LogP contribution is -2.23. The fourth-order valence-corrected chi connectivity index (χ4v) is 3.00. The lowest BCUT2D eigenvalue weighted by atomic mass is 9.96. The van der Waals surface area contributed by atoms with Crippen molar-refractivity contribution in [1.82, 2.24) is 19.8 Å². The monoisotopic (exact) mass is 315 g/mol. The molecule has 0 N–H and O–H groups in total. The van der Waals surface area contributed by atoms with Gasteiger partial charge in [-0.2, -0.15) is 4.52 Å². The summed E-state index contributed by atoms with van der Waals surface area (Å²) < 4.78 is 1.86. The molecule has 0 saturated heterocycles. The van der Waals surface area contributed by atoms with Gasteiger partial charge in [0.2, 0.25) is 0 Å². The SMILES string of the molecule is CN(CCc1cccs1)c1ccc2nnc(C(C)(C)C)n2n1. The second-order valence-corrected chi connectivity index (χ2v) is 7.52. The topological polar surface area (TPSA) is 46.3 Å². The van der Waals surface area contributed by atoms with Gasteiger partial charge in [-0.25, -0.2) is 0 Å².